The van der Waals surface area contributed by atoms with Crippen molar-refractivity contribution in [2.24, 2.45) is 5.92 Å². The predicted molar refractivity (Wildman–Crippen MR) is 67.0 cm³/mol. The van der Waals surface area contributed by atoms with E-state index in [9.17, 15) is 4.21 Å². The van der Waals surface area contributed by atoms with Crippen molar-refractivity contribution in [2.75, 3.05) is 5.75 Å². The molecule has 0 radical (unpaired) electrons. The average Bonchev–Trinajstić information content (AvgIpc) is 2.03. The fraction of sp³-hybridized carbons (Fsp3) is 1.00. The Morgan fingerprint density at radius 3 is 2.44 bits per heavy atom. The Balaban J connectivity index is 2.64. The van der Waals surface area contributed by atoms with Gasteiger partial charge in [0.1, 0.15) is 0 Å². The van der Waals surface area contributed by atoms with Gasteiger partial charge >= 0.3 is 0 Å². The van der Waals surface area contributed by atoms with Crippen molar-refractivity contribution >= 4 is 10.0 Å². The average molecular weight is 248 g/mol. The summed E-state index contributed by atoms with van der Waals surface area (Å²) in [4.78, 5) is 0. The molecule has 0 heterocycles. The maximum absolute atomic E-state index is 11.2. The van der Waals surface area contributed by atoms with Gasteiger partial charge in [0.05, 0.1) is 5.75 Å². The van der Waals surface area contributed by atoms with Gasteiger partial charge in [0, 0.05) is 11.6 Å². The van der Waals surface area contributed by atoms with Crippen LogP contribution >= 0.6 is 0 Å². The predicted octanol–water partition coefficient (Wildman–Crippen LogP) is 2.45. The van der Waals surface area contributed by atoms with Gasteiger partial charge in [0.15, 0.2) is 10.0 Å². The summed E-state index contributed by atoms with van der Waals surface area (Å²) >= 11 is 0. The van der Waals surface area contributed by atoms with Crippen molar-refractivity contribution < 1.29 is 8.76 Å². The first-order chi connectivity index (χ1) is 7.17. The van der Waals surface area contributed by atoms with Crippen LogP contribution in [0.1, 0.15) is 46.5 Å². The summed E-state index contributed by atoms with van der Waals surface area (Å²) in [5.41, 5.74) is 0.0264. The van der Waals surface area contributed by atoms with Crippen LogP contribution in [0.5, 0.6) is 0 Å². The molecule has 0 aliphatic heterocycles. The molecule has 1 saturated carbocycles. The highest BCUT2D eigenvalue weighted by molar-refractivity contribution is 7.86. The van der Waals surface area contributed by atoms with Crippen LogP contribution in [0, 0.1) is 10.7 Å². The minimum absolute atomic E-state index is 0.0264. The Bertz CT molecular complexity index is 319. The third-order valence-electron chi connectivity index (χ3n) is 2.97. The van der Waals surface area contributed by atoms with E-state index in [2.05, 4.69) is 26.1 Å². The van der Waals surface area contributed by atoms with Gasteiger partial charge in [-0.2, -0.15) is 0 Å². The molecule has 0 aromatic heterocycles. The number of nitrogens with one attached hydrogen (secondary N) is 2. The molecule has 0 aromatic carbocycles. The molecule has 0 spiro atoms. The summed E-state index contributed by atoms with van der Waals surface area (Å²) in [6, 6.07) is 0.284. The molecule has 4 nitrogen and oxygen atoms in total. The lowest BCUT2D eigenvalue weighted by Gasteiger charge is -2.37. The third kappa shape index (κ3) is 5.27. The molecular formula is C11H24N2O2S. The quantitative estimate of drug-likeness (QED) is 0.718. The van der Waals surface area contributed by atoms with Gasteiger partial charge in [-0.1, -0.05) is 12.8 Å². The van der Waals surface area contributed by atoms with Gasteiger partial charge in [0.2, 0.25) is 0 Å². The molecule has 3 N–H and O–H groups in total. The maximum Gasteiger partial charge on any atom is 0.158 e. The van der Waals surface area contributed by atoms with Gasteiger partial charge in [-0.25, -0.2) is 8.99 Å². The first-order valence-electron chi connectivity index (χ1n) is 5.94. The van der Waals surface area contributed by atoms with Crippen LogP contribution in [0.4, 0.5) is 0 Å². The van der Waals surface area contributed by atoms with E-state index in [-0.39, 0.29) is 23.3 Å². The van der Waals surface area contributed by atoms with Crippen LogP contribution in [-0.2, 0) is 10.0 Å². The Morgan fingerprint density at radius 2 is 1.94 bits per heavy atom. The van der Waals surface area contributed by atoms with Crippen LogP contribution in [0.15, 0.2) is 0 Å². The van der Waals surface area contributed by atoms with E-state index in [1.54, 1.807) is 0 Å². The highest BCUT2D eigenvalue weighted by Crippen LogP contribution is 2.27. The Morgan fingerprint density at radius 1 is 1.38 bits per heavy atom. The van der Waals surface area contributed by atoms with Gasteiger partial charge in [-0.3, -0.25) is 0 Å². The Kier molecular flexibility index (Phi) is 4.37. The molecule has 0 aromatic rings. The maximum atomic E-state index is 11.2. The fourth-order valence-electron chi connectivity index (χ4n) is 2.44. The number of hydrogen-bond donors (Lipinski definition) is 3. The number of hydrogen-bond acceptors (Lipinski definition) is 3. The van der Waals surface area contributed by atoms with Crippen molar-refractivity contribution in [1.82, 2.24) is 5.32 Å². The van der Waals surface area contributed by atoms with E-state index in [0.29, 0.717) is 0 Å². The minimum Gasteiger partial charge on any atom is -0.309 e. The molecule has 1 fully saturated rings. The molecule has 0 amide bonds. The van der Waals surface area contributed by atoms with E-state index in [4.69, 9.17) is 9.33 Å². The van der Waals surface area contributed by atoms with Crippen LogP contribution < -0.4 is 5.32 Å². The van der Waals surface area contributed by atoms with Gasteiger partial charge in [0.25, 0.3) is 0 Å². The second kappa shape index (κ2) is 5.02. The van der Waals surface area contributed by atoms with Crippen molar-refractivity contribution in [3.8, 4) is 0 Å². The highest BCUT2D eigenvalue weighted by Gasteiger charge is 2.29. The zero-order valence-corrected chi connectivity index (χ0v) is 11.3. The first-order valence-corrected chi connectivity index (χ1v) is 7.62. The van der Waals surface area contributed by atoms with Gasteiger partial charge in [-0.15, -0.1) is 0 Å². The van der Waals surface area contributed by atoms with Crippen LogP contribution in [-0.4, -0.2) is 26.1 Å². The molecule has 1 aliphatic carbocycles. The summed E-state index contributed by atoms with van der Waals surface area (Å²) in [7, 11) is -3.35. The second-order valence-corrected chi connectivity index (χ2v) is 7.47. The van der Waals surface area contributed by atoms with Crippen molar-refractivity contribution in [3.05, 3.63) is 0 Å². The monoisotopic (exact) mass is 248 g/mol. The SMILES string of the molecule is CC(C)(C)NC1CCCCC1CS(=N)(=O)O. The minimum atomic E-state index is -3.35. The van der Waals surface area contributed by atoms with E-state index in [0.717, 1.165) is 19.3 Å². The Hall–Kier alpha value is -0.130. The van der Waals surface area contributed by atoms with E-state index >= 15 is 0 Å². The summed E-state index contributed by atoms with van der Waals surface area (Å²) in [5.74, 6) is 0.281. The van der Waals surface area contributed by atoms with E-state index in [1.165, 1.54) is 6.42 Å². The lowest BCUT2D eigenvalue weighted by Crippen LogP contribution is -2.49. The van der Waals surface area contributed by atoms with Crippen LogP contribution in [0.25, 0.3) is 0 Å². The lowest BCUT2D eigenvalue weighted by molar-refractivity contribution is 0.232. The number of rotatable bonds is 3. The highest BCUT2D eigenvalue weighted by atomic mass is 32.2. The molecular weight excluding hydrogens is 224 g/mol. The molecule has 1 rings (SSSR count). The van der Waals surface area contributed by atoms with E-state index in [1.807, 2.05) is 0 Å². The Labute approximate surface area is 99.0 Å². The topological polar surface area (TPSA) is 73.2 Å². The molecule has 0 saturated heterocycles. The zero-order valence-electron chi connectivity index (χ0n) is 10.5. The molecule has 0 bridgehead atoms. The summed E-state index contributed by atoms with van der Waals surface area (Å²) in [6.07, 6.45) is 4.30. The lowest BCUT2D eigenvalue weighted by atomic mass is 9.84. The largest absolute Gasteiger partial charge is 0.309 e. The van der Waals surface area contributed by atoms with Gasteiger partial charge < -0.3 is 9.87 Å². The normalized spacial score (nSPS) is 31.0. The molecule has 1 aliphatic rings. The van der Waals surface area contributed by atoms with Crippen molar-refractivity contribution in [1.29, 1.82) is 4.78 Å². The fourth-order valence-corrected chi connectivity index (χ4v) is 3.42. The van der Waals surface area contributed by atoms with Crippen LogP contribution in [0.2, 0.25) is 0 Å². The van der Waals surface area contributed by atoms with E-state index < -0.39 is 10.0 Å². The molecule has 3 unspecified atom stereocenters. The van der Waals surface area contributed by atoms with Crippen molar-refractivity contribution in [3.63, 3.8) is 0 Å². The van der Waals surface area contributed by atoms with Gasteiger partial charge in [-0.05, 0) is 39.5 Å². The smallest absolute Gasteiger partial charge is 0.158 e. The zero-order chi connectivity index (χ0) is 12.4. The molecule has 3 atom stereocenters. The summed E-state index contributed by atoms with van der Waals surface area (Å²) < 4.78 is 27.5. The molecule has 16 heavy (non-hydrogen) atoms. The third-order valence-corrected chi connectivity index (χ3v) is 3.85. The standard InChI is InChI=1S/C11H24N2O2S/c1-11(2,3)13-10-7-5-4-6-9(10)8-16(12,14)15/h9-10,13H,4-8H2,1-3H3,(H2,12,14,15). The summed E-state index contributed by atoms with van der Waals surface area (Å²) in [5, 5.41) is 3.51. The second-order valence-electron chi connectivity index (χ2n) is 5.85. The molecule has 5 heteroatoms. The first kappa shape index (κ1) is 13.9. The summed E-state index contributed by atoms with van der Waals surface area (Å²) in [6.45, 7) is 6.32. The molecule has 96 valence electrons. The van der Waals surface area contributed by atoms with Crippen LogP contribution in [0.3, 0.4) is 0 Å². The van der Waals surface area contributed by atoms with Crippen molar-refractivity contribution in [2.45, 2.75) is 58.0 Å².